The number of rotatable bonds is 5. The second-order valence-corrected chi connectivity index (χ2v) is 6.21. The average molecular weight is 342 g/mol. The minimum Gasteiger partial charge on any atom is -0.352 e. The van der Waals surface area contributed by atoms with Crippen LogP contribution in [0.1, 0.15) is 49.4 Å². The minimum atomic E-state index is -0.529. The summed E-state index contributed by atoms with van der Waals surface area (Å²) in [6.07, 6.45) is 9.21. The topological polar surface area (TPSA) is 96.9 Å². The number of aromatic nitrogens is 3. The van der Waals surface area contributed by atoms with Crippen molar-refractivity contribution in [3.63, 3.8) is 0 Å². The molecule has 3 rings (SSSR count). The van der Waals surface area contributed by atoms with Gasteiger partial charge in [-0.2, -0.15) is 0 Å². The molecule has 0 spiro atoms. The number of amides is 1. The molecular weight excluding hydrogens is 320 g/mol. The number of pyridine rings is 1. The fourth-order valence-corrected chi connectivity index (χ4v) is 3.16. The molecule has 0 bridgehead atoms. The van der Waals surface area contributed by atoms with Crippen molar-refractivity contribution in [3.05, 3.63) is 50.3 Å². The van der Waals surface area contributed by atoms with Crippen LogP contribution in [0.5, 0.6) is 0 Å². The Morgan fingerprint density at radius 1 is 1.36 bits per heavy atom. The van der Waals surface area contributed by atoms with Crippen LogP contribution in [0.3, 0.4) is 0 Å². The van der Waals surface area contributed by atoms with E-state index in [2.05, 4.69) is 21.4 Å². The fourth-order valence-electron chi connectivity index (χ4n) is 3.16. The molecule has 25 heavy (non-hydrogen) atoms. The Morgan fingerprint density at radius 3 is 2.92 bits per heavy atom. The van der Waals surface area contributed by atoms with Gasteiger partial charge in [0.25, 0.3) is 11.5 Å². The normalized spacial score (nSPS) is 14.4. The molecule has 0 radical (unpaired) electrons. The van der Waals surface area contributed by atoms with Gasteiger partial charge in [-0.25, -0.2) is 9.78 Å². The van der Waals surface area contributed by atoms with Gasteiger partial charge in [0.1, 0.15) is 5.65 Å². The van der Waals surface area contributed by atoms with Crippen LogP contribution in [0.15, 0.2) is 33.5 Å². The van der Waals surface area contributed by atoms with Crippen LogP contribution in [-0.4, -0.2) is 27.0 Å². The zero-order valence-electron chi connectivity index (χ0n) is 14.3. The summed E-state index contributed by atoms with van der Waals surface area (Å²) in [6.45, 7) is 2.74. The number of fused-ring (bicyclic) bond motifs is 1. The second-order valence-electron chi connectivity index (χ2n) is 6.21. The third-order valence-electron chi connectivity index (χ3n) is 4.53. The average Bonchev–Trinajstić information content (AvgIpc) is 2.62. The van der Waals surface area contributed by atoms with E-state index < -0.39 is 11.2 Å². The predicted octanol–water partition coefficient (Wildman–Crippen LogP) is 1.72. The molecule has 7 nitrogen and oxygen atoms in total. The van der Waals surface area contributed by atoms with Crippen LogP contribution in [-0.2, 0) is 6.54 Å². The Balaban J connectivity index is 1.77. The van der Waals surface area contributed by atoms with E-state index in [1.807, 2.05) is 0 Å². The highest BCUT2D eigenvalue weighted by molar-refractivity contribution is 5.96. The summed E-state index contributed by atoms with van der Waals surface area (Å²) in [5.74, 6) is -0.264. The number of hydrogen-bond donors (Lipinski definition) is 2. The van der Waals surface area contributed by atoms with Crippen LogP contribution in [0.25, 0.3) is 11.0 Å². The van der Waals surface area contributed by atoms with Crippen molar-refractivity contribution >= 4 is 16.9 Å². The number of hydrogen-bond acceptors (Lipinski definition) is 4. The molecule has 0 saturated heterocycles. The van der Waals surface area contributed by atoms with Crippen LogP contribution in [0.4, 0.5) is 0 Å². The van der Waals surface area contributed by atoms with E-state index in [-0.39, 0.29) is 11.3 Å². The first-order valence-corrected chi connectivity index (χ1v) is 8.69. The summed E-state index contributed by atoms with van der Waals surface area (Å²) in [7, 11) is 0. The molecule has 0 saturated carbocycles. The molecule has 2 N–H and O–H groups in total. The summed E-state index contributed by atoms with van der Waals surface area (Å²) in [6, 6.07) is 1.49. The zero-order valence-corrected chi connectivity index (χ0v) is 14.3. The van der Waals surface area contributed by atoms with Crippen molar-refractivity contribution in [3.8, 4) is 0 Å². The van der Waals surface area contributed by atoms with E-state index in [0.717, 1.165) is 19.3 Å². The number of nitrogens with one attached hydrogen (secondary N) is 2. The lowest BCUT2D eigenvalue weighted by Gasteiger charge is -2.13. The molecule has 0 unspecified atom stereocenters. The van der Waals surface area contributed by atoms with Gasteiger partial charge in [-0.15, -0.1) is 0 Å². The summed E-state index contributed by atoms with van der Waals surface area (Å²) in [4.78, 5) is 42.5. The first-order chi connectivity index (χ1) is 12.1. The number of carbonyl (C=O) groups excluding carboxylic acids is 1. The van der Waals surface area contributed by atoms with Crippen molar-refractivity contribution in [2.45, 2.75) is 45.6 Å². The van der Waals surface area contributed by atoms with Crippen molar-refractivity contribution < 1.29 is 4.79 Å². The van der Waals surface area contributed by atoms with Gasteiger partial charge in [0.05, 0.1) is 10.9 Å². The molecule has 132 valence electrons. The smallest absolute Gasteiger partial charge is 0.329 e. The number of aromatic amines is 1. The van der Waals surface area contributed by atoms with Crippen molar-refractivity contribution in [2.75, 3.05) is 6.54 Å². The predicted molar refractivity (Wildman–Crippen MR) is 95.8 cm³/mol. The lowest BCUT2D eigenvalue weighted by molar-refractivity contribution is 0.0954. The molecule has 0 aliphatic heterocycles. The van der Waals surface area contributed by atoms with Gasteiger partial charge < -0.3 is 5.32 Å². The lowest BCUT2D eigenvalue weighted by atomic mass is 9.97. The van der Waals surface area contributed by atoms with Crippen LogP contribution in [0, 0.1) is 0 Å². The number of H-pyrrole nitrogens is 1. The lowest BCUT2D eigenvalue weighted by Crippen LogP contribution is -2.31. The van der Waals surface area contributed by atoms with Crippen LogP contribution in [0.2, 0.25) is 0 Å². The van der Waals surface area contributed by atoms with E-state index in [1.165, 1.54) is 35.2 Å². The molecule has 1 amide bonds. The highest BCUT2D eigenvalue weighted by Gasteiger charge is 2.12. The standard InChI is InChI=1S/C18H22N4O3/c1-2-22-15-14(17(24)21-18(22)25)10-13(11-20-15)16(23)19-9-8-12-6-4-3-5-7-12/h6,10-11H,2-5,7-9H2,1H3,(H,19,23)(H,21,24,25). The summed E-state index contributed by atoms with van der Waals surface area (Å²) in [5, 5.41) is 3.11. The highest BCUT2D eigenvalue weighted by Crippen LogP contribution is 2.19. The highest BCUT2D eigenvalue weighted by atomic mass is 16.2. The van der Waals surface area contributed by atoms with E-state index in [4.69, 9.17) is 0 Å². The SMILES string of the molecule is CCn1c(=O)[nH]c(=O)c2cc(C(=O)NCCC3=CCCCC3)cnc21. The first-order valence-electron chi connectivity index (χ1n) is 8.69. The van der Waals surface area contributed by atoms with Gasteiger partial charge in [0, 0.05) is 19.3 Å². The van der Waals surface area contributed by atoms with E-state index >= 15 is 0 Å². The minimum absolute atomic E-state index is 0.240. The van der Waals surface area contributed by atoms with Gasteiger partial charge >= 0.3 is 5.69 Å². The molecule has 1 aliphatic carbocycles. The largest absolute Gasteiger partial charge is 0.352 e. The van der Waals surface area contributed by atoms with Crippen molar-refractivity contribution in [1.29, 1.82) is 0 Å². The van der Waals surface area contributed by atoms with Gasteiger partial charge in [-0.05, 0) is 45.1 Å². The maximum Gasteiger partial charge on any atom is 0.329 e. The molecule has 0 atom stereocenters. The Bertz CT molecular complexity index is 939. The third-order valence-corrected chi connectivity index (χ3v) is 4.53. The fraction of sp³-hybridized carbons (Fsp3) is 0.444. The maximum absolute atomic E-state index is 12.3. The van der Waals surface area contributed by atoms with Gasteiger partial charge in [-0.1, -0.05) is 11.6 Å². The first kappa shape index (κ1) is 17.1. The molecule has 2 aromatic heterocycles. The number of nitrogens with zero attached hydrogens (tertiary/aromatic N) is 2. The van der Waals surface area contributed by atoms with E-state index in [0.29, 0.717) is 24.3 Å². The van der Waals surface area contributed by atoms with Gasteiger partial charge in [0.15, 0.2) is 0 Å². The molecule has 0 fully saturated rings. The van der Waals surface area contributed by atoms with Crippen molar-refractivity contribution in [2.24, 2.45) is 0 Å². The molecular formula is C18H22N4O3. The Hall–Kier alpha value is -2.70. The van der Waals surface area contributed by atoms with Gasteiger partial charge in [0.2, 0.25) is 0 Å². The zero-order chi connectivity index (χ0) is 17.8. The summed E-state index contributed by atoms with van der Waals surface area (Å²) >= 11 is 0. The third kappa shape index (κ3) is 3.70. The van der Waals surface area contributed by atoms with Crippen LogP contribution >= 0.6 is 0 Å². The van der Waals surface area contributed by atoms with Crippen molar-refractivity contribution in [1.82, 2.24) is 19.9 Å². The maximum atomic E-state index is 12.3. The quantitative estimate of drug-likeness (QED) is 0.809. The summed E-state index contributed by atoms with van der Waals surface area (Å²) < 4.78 is 1.37. The molecule has 7 heteroatoms. The molecule has 2 aromatic rings. The van der Waals surface area contributed by atoms with Gasteiger partial charge in [-0.3, -0.25) is 19.1 Å². The Kier molecular flexibility index (Phi) is 5.11. The van der Waals surface area contributed by atoms with Crippen LogP contribution < -0.4 is 16.6 Å². The number of aryl methyl sites for hydroxylation is 1. The van der Waals surface area contributed by atoms with E-state index in [9.17, 15) is 14.4 Å². The monoisotopic (exact) mass is 342 g/mol. The molecule has 1 aliphatic rings. The molecule has 0 aromatic carbocycles. The Morgan fingerprint density at radius 2 is 2.20 bits per heavy atom. The Labute approximate surface area is 144 Å². The summed E-state index contributed by atoms with van der Waals surface area (Å²) in [5.41, 5.74) is 0.980. The number of allylic oxidation sites excluding steroid dienone is 1. The molecule has 2 heterocycles. The number of carbonyl (C=O) groups is 1. The van der Waals surface area contributed by atoms with E-state index in [1.54, 1.807) is 6.92 Å². The second kappa shape index (κ2) is 7.46.